The number of rotatable bonds is 2. The Kier molecular flexibility index (Phi) is 4.36. The molecular formula is C7H16N2S. The second-order valence-corrected chi connectivity index (χ2v) is 3.04. The zero-order valence-electron chi connectivity index (χ0n) is 7.14. The van der Waals surface area contributed by atoms with Crippen LogP contribution < -0.4 is 5.32 Å². The molecule has 0 heterocycles. The van der Waals surface area contributed by atoms with Crippen LogP contribution in [0.1, 0.15) is 20.3 Å². The summed E-state index contributed by atoms with van der Waals surface area (Å²) in [7, 11) is 3.88. The summed E-state index contributed by atoms with van der Waals surface area (Å²) in [6.07, 6.45) is 1.11. The van der Waals surface area contributed by atoms with Gasteiger partial charge in [0.1, 0.15) is 0 Å². The Bertz CT molecular complexity index is 112. The Balaban J connectivity index is 3.57. The fourth-order valence-corrected chi connectivity index (χ4v) is 0.643. The van der Waals surface area contributed by atoms with Crippen LogP contribution in [0.4, 0.5) is 0 Å². The second kappa shape index (κ2) is 4.50. The molecule has 0 amide bonds. The molecule has 0 rings (SSSR count). The Morgan fingerprint density at radius 3 is 2.40 bits per heavy atom. The maximum atomic E-state index is 5.04. The zero-order chi connectivity index (χ0) is 8.15. The molecule has 0 aromatic heterocycles. The van der Waals surface area contributed by atoms with Gasteiger partial charge in [0.05, 0.1) is 0 Å². The number of hydrogen-bond acceptors (Lipinski definition) is 1. The first kappa shape index (κ1) is 9.69. The summed E-state index contributed by atoms with van der Waals surface area (Å²) in [4.78, 5) is 1.90. The number of nitrogens with zero attached hydrogens (tertiary/aromatic N) is 1. The van der Waals surface area contributed by atoms with E-state index in [1.54, 1.807) is 0 Å². The summed E-state index contributed by atoms with van der Waals surface area (Å²) < 4.78 is 0. The molecule has 10 heavy (non-hydrogen) atoms. The molecule has 0 aliphatic carbocycles. The molecular weight excluding hydrogens is 144 g/mol. The predicted octanol–water partition coefficient (Wildman–Crippen LogP) is 1.22. The molecule has 0 fully saturated rings. The lowest BCUT2D eigenvalue weighted by Crippen LogP contribution is -2.39. The lowest BCUT2D eigenvalue weighted by Gasteiger charge is -2.19. The Labute approximate surface area is 68.6 Å². The Morgan fingerprint density at radius 1 is 1.60 bits per heavy atom. The summed E-state index contributed by atoms with van der Waals surface area (Å²) >= 11 is 5.04. The van der Waals surface area contributed by atoms with E-state index in [-0.39, 0.29) is 0 Å². The largest absolute Gasteiger partial charge is 0.360 e. The molecule has 1 atom stereocenters. The molecule has 0 spiro atoms. The first-order chi connectivity index (χ1) is 4.57. The van der Waals surface area contributed by atoms with Crippen LogP contribution in [0, 0.1) is 0 Å². The van der Waals surface area contributed by atoms with Gasteiger partial charge in [0.2, 0.25) is 0 Å². The van der Waals surface area contributed by atoms with Gasteiger partial charge in [-0.15, -0.1) is 0 Å². The van der Waals surface area contributed by atoms with Crippen LogP contribution in [0.5, 0.6) is 0 Å². The summed E-state index contributed by atoms with van der Waals surface area (Å²) in [6.45, 7) is 4.26. The van der Waals surface area contributed by atoms with Crippen molar-refractivity contribution in [2.45, 2.75) is 26.3 Å². The van der Waals surface area contributed by atoms with Gasteiger partial charge < -0.3 is 10.2 Å². The van der Waals surface area contributed by atoms with Crippen molar-refractivity contribution in [2.24, 2.45) is 0 Å². The normalized spacial score (nSPS) is 12.4. The van der Waals surface area contributed by atoms with Gasteiger partial charge in [-0.05, 0) is 25.6 Å². The predicted molar refractivity (Wildman–Crippen MR) is 49.2 cm³/mol. The molecule has 1 N–H and O–H groups in total. The van der Waals surface area contributed by atoms with E-state index in [2.05, 4.69) is 19.2 Å². The van der Waals surface area contributed by atoms with Crippen molar-refractivity contribution in [3.8, 4) is 0 Å². The van der Waals surface area contributed by atoms with E-state index in [4.69, 9.17) is 12.2 Å². The van der Waals surface area contributed by atoms with Crippen molar-refractivity contribution >= 4 is 17.3 Å². The minimum atomic E-state index is 0.481. The van der Waals surface area contributed by atoms with Gasteiger partial charge in [-0.2, -0.15) is 0 Å². The van der Waals surface area contributed by atoms with Gasteiger partial charge in [0, 0.05) is 20.1 Å². The molecule has 3 heteroatoms. The van der Waals surface area contributed by atoms with Crippen LogP contribution in [0.15, 0.2) is 0 Å². The van der Waals surface area contributed by atoms with Crippen LogP contribution in [0.2, 0.25) is 0 Å². The van der Waals surface area contributed by atoms with Gasteiger partial charge in [-0.25, -0.2) is 0 Å². The summed E-state index contributed by atoms with van der Waals surface area (Å²) in [5.74, 6) is 0. The van der Waals surface area contributed by atoms with E-state index in [1.807, 2.05) is 19.0 Å². The number of nitrogens with one attached hydrogen (secondary N) is 1. The lowest BCUT2D eigenvalue weighted by molar-refractivity contribution is 0.555. The highest BCUT2D eigenvalue weighted by atomic mass is 32.1. The first-order valence-corrected chi connectivity index (χ1v) is 3.96. The lowest BCUT2D eigenvalue weighted by atomic mass is 10.3. The van der Waals surface area contributed by atoms with Crippen molar-refractivity contribution in [1.82, 2.24) is 10.2 Å². The second-order valence-electron chi connectivity index (χ2n) is 2.65. The quantitative estimate of drug-likeness (QED) is 0.611. The topological polar surface area (TPSA) is 15.3 Å². The zero-order valence-corrected chi connectivity index (χ0v) is 7.96. The van der Waals surface area contributed by atoms with Crippen molar-refractivity contribution in [1.29, 1.82) is 0 Å². The summed E-state index contributed by atoms with van der Waals surface area (Å²) in [5.41, 5.74) is 0. The number of hydrogen-bond donors (Lipinski definition) is 1. The van der Waals surface area contributed by atoms with Gasteiger partial charge in [-0.1, -0.05) is 6.92 Å². The highest BCUT2D eigenvalue weighted by Crippen LogP contribution is 1.89. The van der Waals surface area contributed by atoms with E-state index in [1.165, 1.54) is 0 Å². The number of thiocarbonyl (C=S) groups is 1. The highest BCUT2D eigenvalue weighted by Gasteiger charge is 2.01. The van der Waals surface area contributed by atoms with E-state index < -0.39 is 0 Å². The molecule has 0 aromatic rings. The molecule has 0 aromatic carbocycles. The van der Waals surface area contributed by atoms with E-state index in [0.717, 1.165) is 11.5 Å². The Morgan fingerprint density at radius 2 is 2.10 bits per heavy atom. The third-order valence-corrected chi connectivity index (χ3v) is 1.87. The average Bonchev–Trinajstić information content (AvgIpc) is 1.87. The van der Waals surface area contributed by atoms with Gasteiger partial charge in [0.25, 0.3) is 0 Å². The van der Waals surface area contributed by atoms with Gasteiger partial charge >= 0.3 is 0 Å². The minimum Gasteiger partial charge on any atom is -0.360 e. The maximum Gasteiger partial charge on any atom is 0.168 e. The SMILES string of the molecule is CCC(C)NC(=S)N(C)C. The first-order valence-electron chi connectivity index (χ1n) is 3.55. The average molecular weight is 160 g/mol. The Hall–Kier alpha value is -0.310. The van der Waals surface area contributed by atoms with Crippen LogP contribution in [0.25, 0.3) is 0 Å². The molecule has 0 bridgehead atoms. The fourth-order valence-electron chi connectivity index (χ4n) is 0.442. The molecule has 60 valence electrons. The van der Waals surface area contributed by atoms with Crippen molar-refractivity contribution < 1.29 is 0 Å². The van der Waals surface area contributed by atoms with Crippen molar-refractivity contribution in [2.75, 3.05) is 14.1 Å². The van der Waals surface area contributed by atoms with Crippen LogP contribution in [-0.2, 0) is 0 Å². The standard InChI is InChI=1S/C7H16N2S/c1-5-6(2)8-7(10)9(3)4/h6H,5H2,1-4H3,(H,8,10). The van der Waals surface area contributed by atoms with Gasteiger partial charge in [-0.3, -0.25) is 0 Å². The van der Waals surface area contributed by atoms with E-state index in [9.17, 15) is 0 Å². The third kappa shape index (κ3) is 3.67. The molecule has 0 saturated carbocycles. The molecule has 1 unspecified atom stereocenters. The van der Waals surface area contributed by atoms with E-state index >= 15 is 0 Å². The maximum absolute atomic E-state index is 5.04. The van der Waals surface area contributed by atoms with Gasteiger partial charge in [0.15, 0.2) is 5.11 Å². The smallest absolute Gasteiger partial charge is 0.168 e. The minimum absolute atomic E-state index is 0.481. The van der Waals surface area contributed by atoms with E-state index in [0.29, 0.717) is 6.04 Å². The fraction of sp³-hybridized carbons (Fsp3) is 0.857. The summed E-state index contributed by atoms with van der Waals surface area (Å²) in [5, 5.41) is 4.00. The molecule has 0 aliphatic heterocycles. The molecule has 0 saturated heterocycles. The highest BCUT2D eigenvalue weighted by molar-refractivity contribution is 7.80. The van der Waals surface area contributed by atoms with Crippen molar-refractivity contribution in [3.05, 3.63) is 0 Å². The monoisotopic (exact) mass is 160 g/mol. The molecule has 0 radical (unpaired) electrons. The molecule has 2 nitrogen and oxygen atoms in total. The summed E-state index contributed by atoms with van der Waals surface area (Å²) in [6, 6.07) is 0.481. The van der Waals surface area contributed by atoms with Crippen LogP contribution in [-0.4, -0.2) is 30.1 Å². The van der Waals surface area contributed by atoms with Crippen LogP contribution in [0.3, 0.4) is 0 Å². The third-order valence-electron chi connectivity index (χ3n) is 1.39. The molecule has 0 aliphatic rings. The van der Waals surface area contributed by atoms with Crippen LogP contribution >= 0.6 is 12.2 Å². The van der Waals surface area contributed by atoms with Crippen molar-refractivity contribution in [3.63, 3.8) is 0 Å².